The monoisotopic (exact) mass is 431 g/mol. The van der Waals surface area contributed by atoms with Crippen molar-refractivity contribution in [1.29, 1.82) is 0 Å². The number of aryl methyl sites for hydroxylation is 1. The molecule has 1 aliphatic heterocycles. The van der Waals surface area contributed by atoms with E-state index in [1.807, 2.05) is 30.3 Å². The highest BCUT2D eigenvalue weighted by Gasteiger charge is 2.21. The van der Waals surface area contributed by atoms with Gasteiger partial charge in [-0.2, -0.15) is 5.10 Å². The lowest BCUT2D eigenvalue weighted by Crippen LogP contribution is -2.33. The van der Waals surface area contributed by atoms with Crippen molar-refractivity contribution in [2.24, 2.45) is 0 Å². The molecule has 0 radical (unpaired) electrons. The molecule has 2 aromatic heterocycles. The first kappa shape index (κ1) is 19.8. The van der Waals surface area contributed by atoms with Crippen LogP contribution in [0.25, 0.3) is 10.9 Å². The summed E-state index contributed by atoms with van der Waals surface area (Å²) in [5, 5.41) is 7.63. The quantitative estimate of drug-likeness (QED) is 0.503. The lowest BCUT2D eigenvalue weighted by molar-refractivity contribution is -0.116. The third kappa shape index (κ3) is 4.18. The van der Waals surface area contributed by atoms with Crippen LogP contribution in [0.4, 0.5) is 5.69 Å². The zero-order valence-corrected chi connectivity index (χ0v) is 17.2. The van der Waals surface area contributed by atoms with Gasteiger partial charge in [-0.1, -0.05) is 24.3 Å². The highest BCUT2D eigenvalue weighted by molar-refractivity contribution is 5.90. The normalized spacial score (nSPS) is 14.9. The average Bonchev–Trinajstić information content (AvgIpc) is 3.25. The summed E-state index contributed by atoms with van der Waals surface area (Å²) < 4.78 is 14.8. The van der Waals surface area contributed by atoms with Crippen molar-refractivity contribution < 1.29 is 14.3 Å². The zero-order chi connectivity index (χ0) is 21.9. The number of ether oxygens (including phenoxy) is 2. The maximum atomic E-state index is 12.5. The van der Waals surface area contributed by atoms with E-state index in [0.717, 1.165) is 5.75 Å². The largest absolute Gasteiger partial charge is 0.486 e. The summed E-state index contributed by atoms with van der Waals surface area (Å²) in [6.07, 6.45) is 4.76. The number of fused-ring (bicyclic) bond motifs is 2. The molecule has 162 valence electrons. The Morgan fingerprint density at radius 1 is 1.12 bits per heavy atom. The van der Waals surface area contributed by atoms with Gasteiger partial charge in [0.2, 0.25) is 5.91 Å². The number of anilines is 1. The molecule has 1 atom stereocenters. The standard InChI is InChI=1S/C23H21N5O4/c29-22(9-10-27-15-24-19-6-2-1-5-18(19)23(27)30)26-16-11-25-28(12-16)13-17-14-31-20-7-3-4-8-21(20)32-17/h1-8,11-12,15,17H,9-10,13-14H2,(H,26,29). The number of hydrogen-bond donors (Lipinski definition) is 1. The topological polar surface area (TPSA) is 100 Å². The first-order valence-electron chi connectivity index (χ1n) is 10.3. The molecule has 4 aromatic rings. The summed E-state index contributed by atoms with van der Waals surface area (Å²) in [5.41, 5.74) is 1.06. The van der Waals surface area contributed by atoms with Crippen molar-refractivity contribution in [3.8, 4) is 11.5 Å². The van der Waals surface area contributed by atoms with Crippen LogP contribution in [0.15, 0.2) is 72.0 Å². The van der Waals surface area contributed by atoms with Gasteiger partial charge in [0.15, 0.2) is 17.6 Å². The van der Waals surface area contributed by atoms with Crippen molar-refractivity contribution in [3.05, 3.63) is 77.6 Å². The van der Waals surface area contributed by atoms with Gasteiger partial charge in [0, 0.05) is 19.2 Å². The molecule has 0 fully saturated rings. The van der Waals surface area contributed by atoms with Crippen molar-refractivity contribution in [1.82, 2.24) is 19.3 Å². The Hall–Kier alpha value is -4.14. The Balaban J connectivity index is 1.16. The van der Waals surface area contributed by atoms with Gasteiger partial charge in [0.25, 0.3) is 5.56 Å². The highest BCUT2D eigenvalue weighted by Crippen LogP contribution is 2.31. The zero-order valence-electron chi connectivity index (χ0n) is 17.2. The molecule has 32 heavy (non-hydrogen) atoms. The van der Waals surface area contributed by atoms with E-state index < -0.39 is 0 Å². The average molecular weight is 431 g/mol. The third-order valence-electron chi connectivity index (χ3n) is 5.19. The Bertz CT molecular complexity index is 1330. The van der Waals surface area contributed by atoms with Crippen molar-refractivity contribution >= 4 is 22.5 Å². The molecule has 0 aliphatic carbocycles. The first-order chi connectivity index (χ1) is 15.7. The molecule has 0 saturated carbocycles. The Kier molecular flexibility index (Phi) is 5.29. The van der Waals surface area contributed by atoms with Crippen LogP contribution in [0.5, 0.6) is 11.5 Å². The molecule has 9 nitrogen and oxygen atoms in total. The van der Waals surface area contributed by atoms with E-state index in [4.69, 9.17) is 9.47 Å². The predicted molar refractivity (Wildman–Crippen MR) is 118 cm³/mol. The van der Waals surface area contributed by atoms with Gasteiger partial charge in [-0.3, -0.25) is 18.8 Å². The number of aromatic nitrogens is 4. The maximum Gasteiger partial charge on any atom is 0.261 e. The minimum absolute atomic E-state index is 0.140. The number of hydrogen-bond acceptors (Lipinski definition) is 6. The number of nitrogens with one attached hydrogen (secondary N) is 1. The molecule has 1 aliphatic rings. The van der Waals surface area contributed by atoms with Crippen molar-refractivity contribution in [2.45, 2.75) is 25.6 Å². The molecular formula is C23H21N5O4. The predicted octanol–water partition coefficient (Wildman–Crippen LogP) is 2.46. The minimum Gasteiger partial charge on any atom is -0.486 e. The summed E-state index contributed by atoms with van der Waals surface area (Å²) in [6, 6.07) is 14.7. The van der Waals surface area contributed by atoms with Gasteiger partial charge in [-0.15, -0.1) is 0 Å². The second-order valence-electron chi connectivity index (χ2n) is 7.51. The van der Waals surface area contributed by atoms with Gasteiger partial charge in [0.1, 0.15) is 6.61 Å². The second-order valence-corrected chi connectivity index (χ2v) is 7.51. The number of nitrogens with zero attached hydrogens (tertiary/aromatic N) is 4. The summed E-state index contributed by atoms with van der Waals surface area (Å²) in [6.45, 7) is 1.15. The summed E-state index contributed by atoms with van der Waals surface area (Å²) in [7, 11) is 0. The lowest BCUT2D eigenvalue weighted by Gasteiger charge is -2.26. The summed E-state index contributed by atoms with van der Waals surface area (Å²) in [4.78, 5) is 29.2. The third-order valence-corrected chi connectivity index (χ3v) is 5.19. The maximum absolute atomic E-state index is 12.5. The second kappa shape index (κ2) is 8.54. The molecule has 0 saturated heterocycles. The lowest BCUT2D eigenvalue weighted by atomic mass is 10.2. The Morgan fingerprint density at radius 3 is 2.84 bits per heavy atom. The number of amides is 1. The molecular weight excluding hydrogens is 410 g/mol. The van der Waals surface area contributed by atoms with E-state index in [1.165, 1.54) is 10.9 Å². The van der Waals surface area contributed by atoms with Gasteiger partial charge >= 0.3 is 0 Å². The molecule has 1 N–H and O–H groups in total. The van der Waals surface area contributed by atoms with E-state index in [9.17, 15) is 9.59 Å². The van der Waals surface area contributed by atoms with Gasteiger partial charge in [0.05, 0.1) is 35.7 Å². The number of carbonyl (C=O) groups is 1. The number of para-hydroxylation sites is 3. The van der Waals surface area contributed by atoms with Crippen LogP contribution >= 0.6 is 0 Å². The molecule has 5 rings (SSSR count). The molecule has 0 bridgehead atoms. The van der Waals surface area contributed by atoms with E-state index in [1.54, 1.807) is 35.3 Å². The van der Waals surface area contributed by atoms with Gasteiger partial charge in [-0.25, -0.2) is 4.98 Å². The van der Waals surface area contributed by atoms with Crippen LogP contribution in [0.3, 0.4) is 0 Å². The van der Waals surface area contributed by atoms with E-state index in [2.05, 4.69) is 15.4 Å². The van der Waals surface area contributed by atoms with Crippen LogP contribution < -0.4 is 20.3 Å². The fourth-order valence-electron chi connectivity index (χ4n) is 3.60. The molecule has 1 unspecified atom stereocenters. The molecule has 9 heteroatoms. The number of rotatable bonds is 6. The van der Waals surface area contributed by atoms with Gasteiger partial charge < -0.3 is 14.8 Å². The van der Waals surface area contributed by atoms with Crippen molar-refractivity contribution in [2.75, 3.05) is 11.9 Å². The summed E-state index contributed by atoms with van der Waals surface area (Å²) >= 11 is 0. The fourth-order valence-corrected chi connectivity index (χ4v) is 3.60. The first-order valence-corrected chi connectivity index (χ1v) is 10.3. The van der Waals surface area contributed by atoms with E-state index in [0.29, 0.717) is 35.5 Å². The van der Waals surface area contributed by atoms with Gasteiger partial charge in [-0.05, 0) is 24.3 Å². The van der Waals surface area contributed by atoms with Crippen LogP contribution in [0, 0.1) is 0 Å². The Morgan fingerprint density at radius 2 is 1.94 bits per heavy atom. The van der Waals surface area contributed by atoms with E-state index in [-0.39, 0.29) is 30.5 Å². The molecule has 0 spiro atoms. The SMILES string of the molecule is O=C(CCn1cnc2ccccc2c1=O)Nc1cnn(CC2COc3ccccc3O2)c1. The smallest absolute Gasteiger partial charge is 0.261 e. The highest BCUT2D eigenvalue weighted by atomic mass is 16.6. The van der Waals surface area contributed by atoms with Crippen LogP contribution in [0.2, 0.25) is 0 Å². The van der Waals surface area contributed by atoms with Crippen LogP contribution in [-0.2, 0) is 17.9 Å². The molecule has 2 aromatic carbocycles. The van der Waals surface area contributed by atoms with E-state index >= 15 is 0 Å². The fraction of sp³-hybridized carbons (Fsp3) is 0.217. The minimum atomic E-state index is -0.212. The van der Waals surface area contributed by atoms with Crippen LogP contribution in [0.1, 0.15) is 6.42 Å². The number of carbonyl (C=O) groups excluding carboxylic acids is 1. The van der Waals surface area contributed by atoms with Crippen molar-refractivity contribution in [3.63, 3.8) is 0 Å². The van der Waals surface area contributed by atoms with Crippen LogP contribution in [-0.4, -0.2) is 37.9 Å². The Labute approximate surface area is 183 Å². The molecule has 3 heterocycles. The summed E-state index contributed by atoms with van der Waals surface area (Å²) in [5.74, 6) is 1.23. The number of benzene rings is 2. The molecule has 1 amide bonds.